The lowest BCUT2D eigenvalue weighted by molar-refractivity contribution is 0.102. The van der Waals surface area contributed by atoms with E-state index in [4.69, 9.17) is 5.73 Å². The van der Waals surface area contributed by atoms with Gasteiger partial charge in [-0.1, -0.05) is 6.07 Å². The molecule has 0 aromatic carbocycles. The van der Waals surface area contributed by atoms with Crippen LogP contribution in [0.2, 0.25) is 0 Å². The molecule has 1 amide bonds. The monoisotopic (exact) mass is 232 g/mol. The van der Waals surface area contributed by atoms with Crippen molar-refractivity contribution in [3.8, 4) is 0 Å². The second-order valence-electron chi connectivity index (χ2n) is 3.26. The Labute approximate surface area is 96.5 Å². The first-order valence-electron chi connectivity index (χ1n) is 4.80. The molecule has 0 aliphatic rings. The second kappa shape index (κ2) is 4.56. The van der Waals surface area contributed by atoms with Crippen molar-refractivity contribution in [2.45, 2.75) is 0 Å². The van der Waals surface area contributed by atoms with E-state index in [0.717, 1.165) is 6.20 Å². The van der Waals surface area contributed by atoms with Gasteiger partial charge in [-0.05, 0) is 24.3 Å². The van der Waals surface area contributed by atoms with Crippen LogP contribution in [0.4, 0.5) is 16.0 Å². The molecular weight excluding hydrogens is 223 g/mol. The van der Waals surface area contributed by atoms with Crippen LogP contribution in [-0.4, -0.2) is 15.9 Å². The third-order valence-corrected chi connectivity index (χ3v) is 1.97. The fraction of sp³-hybridized carbons (Fsp3) is 0. The Morgan fingerprint density at radius 1 is 1.29 bits per heavy atom. The first-order valence-corrected chi connectivity index (χ1v) is 4.80. The molecule has 0 unspecified atom stereocenters. The fourth-order valence-electron chi connectivity index (χ4n) is 1.21. The van der Waals surface area contributed by atoms with Crippen molar-refractivity contribution in [2.75, 3.05) is 11.1 Å². The number of carbonyl (C=O) groups excluding carboxylic acids is 1. The number of nitrogens with two attached hydrogens (primary N) is 1. The molecule has 2 aromatic heterocycles. The third kappa shape index (κ3) is 2.75. The Bertz CT molecular complexity index is 541. The minimum absolute atomic E-state index is 0.177. The Balaban J connectivity index is 2.14. The summed E-state index contributed by atoms with van der Waals surface area (Å²) in [6.45, 7) is 0. The molecular formula is C11H9FN4O. The normalized spacial score (nSPS) is 9.94. The minimum Gasteiger partial charge on any atom is -0.384 e. The number of aromatic nitrogens is 2. The quantitative estimate of drug-likeness (QED) is 0.821. The Morgan fingerprint density at radius 2 is 2.12 bits per heavy atom. The number of carbonyl (C=O) groups is 1. The lowest BCUT2D eigenvalue weighted by Crippen LogP contribution is -2.15. The topological polar surface area (TPSA) is 80.9 Å². The summed E-state index contributed by atoms with van der Waals surface area (Å²) in [5.41, 5.74) is 5.63. The van der Waals surface area contributed by atoms with Crippen LogP contribution in [0.25, 0.3) is 0 Å². The highest BCUT2D eigenvalue weighted by molar-refractivity contribution is 6.02. The maximum atomic E-state index is 12.6. The van der Waals surface area contributed by atoms with E-state index >= 15 is 0 Å². The minimum atomic E-state index is -0.468. The summed E-state index contributed by atoms with van der Waals surface area (Å²) >= 11 is 0. The summed E-state index contributed by atoms with van der Waals surface area (Å²) < 4.78 is 12.6. The van der Waals surface area contributed by atoms with Crippen LogP contribution in [0.3, 0.4) is 0 Å². The van der Waals surface area contributed by atoms with E-state index in [1.165, 1.54) is 18.2 Å². The molecule has 0 saturated heterocycles. The van der Waals surface area contributed by atoms with Crippen molar-refractivity contribution in [2.24, 2.45) is 0 Å². The van der Waals surface area contributed by atoms with Gasteiger partial charge in [0.15, 0.2) is 0 Å². The summed E-state index contributed by atoms with van der Waals surface area (Å²) in [7, 11) is 0. The third-order valence-electron chi connectivity index (χ3n) is 1.97. The van der Waals surface area contributed by atoms with E-state index in [0.29, 0.717) is 0 Å². The number of nitrogens with zero attached hydrogens (tertiary/aromatic N) is 2. The van der Waals surface area contributed by atoms with Gasteiger partial charge < -0.3 is 11.1 Å². The van der Waals surface area contributed by atoms with Crippen LogP contribution in [0.1, 0.15) is 10.5 Å². The van der Waals surface area contributed by atoms with E-state index in [2.05, 4.69) is 15.3 Å². The summed E-state index contributed by atoms with van der Waals surface area (Å²) in [6.07, 6.45) is 1.02. The van der Waals surface area contributed by atoms with E-state index in [1.54, 1.807) is 12.1 Å². The average molecular weight is 232 g/mol. The van der Waals surface area contributed by atoms with Crippen LogP contribution in [0.15, 0.2) is 36.5 Å². The van der Waals surface area contributed by atoms with Crippen LogP contribution < -0.4 is 11.1 Å². The number of halogens is 1. The molecule has 3 N–H and O–H groups in total. The fourth-order valence-corrected chi connectivity index (χ4v) is 1.21. The molecule has 17 heavy (non-hydrogen) atoms. The van der Waals surface area contributed by atoms with Gasteiger partial charge in [-0.3, -0.25) is 4.79 Å². The maximum absolute atomic E-state index is 12.6. The molecule has 0 radical (unpaired) electrons. The first-order chi connectivity index (χ1) is 8.15. The smallest absolute Gasteiger partial charge is 0.275 e. The Kier molecular flexibility index (Phi) is 2.95. The molecule has 0 atom stereocenters. The highest BCUT2D eigenvalue weighted by Crippen LogP contribution is 2.07. The maximum Gasteiger partial charge on any atom is 0.275 e. The van der Waals surface area contributed by atoms with Crippen molar-refractivity contribution < 1.29 is 9.18 Å². The molecule has 2 rings (SSSR count). The molecule has 6 heteroatoms. The number of nitrogen functional groups attached to an aromatic ring is 1. The van der Waals surface area contributed by atoms with Gasteiger partial charge >= 0.3 is 0 Å². The van der Waals surface area contributed by atoms with Gasteiger partial charge in [0.25, 0.3) is 5.91 Å². The molecule has 5 nitrogen and oxygen atoms in total. The zero-order valence-electron chi connectivity index (χ0n) is 8.72. The van der Waals surface area contributed by atoms with Crippen LogP contribution in [0.5, 0.6) is 0 Å². The molecule has 86 valence electrons. The number of rotatable bonds is 2. The second-order valence-corrected chi connectivity index (χ2v) is 3.26. The summed E-state index contributed by atoms with van der Waals surface area (Å²) in [5.74, 6) is -0.410. The van der Waals surface area contributed by atoms with Crippen LogP contribution in [0, 0.1) is 5.82 Å². The van der Waals surface area contributed by atoms with Gasteiger partial charge in [-0.2, -0.15) is 0 Å². The summed E-state index contributed by atoms with van der Waals surface area (Å²) in [5, 5.41) is 2.48. The van der Waals surface area contributed by atoms with E-state index < -0.39 is 11.7 Å². The van der Waals surface area contributed by atoms with Gasteiger partial charge in [0.1, 0.15) is 23.1 Å². The number of pyridine rings is 2. The average Bonchev–Trinajstić information content (AvgIpc) is 2.32. The molecule has 0 saturated carbocycles. The predicted molar refractivity (Wildman–Crippen MR) is 60.8 cm³/mol. The van der Waals surface area contributed by atoms with Crippen molar-refractivity contribution in [3.05, 3.63) is 48.0 Å². The van der Waals surface area contributed by atoms with Gasteiger partial charge in [0.05, 0.1) is 6.20 Å². The molecule has 0 spiro atoms. The standard InChI is InChI=1S/C11H9FN4O/c12-7-4-5-10(14-6-7)16-11(17)8-2-1-3-9(13)15-8/h1-6H,(H2,13,15)(H,14,16,17). The van der Waals surface area contributed by atoms with Crippen LogP contribution >= 0.6 is 0 Å². The largest absolute Gasteiger partial charge is 0.384 e. The number of nitrogens with one attached hydrogen (secondary N) is 1. The molecule has 0 bridgehead atoms. The van der Waals surface area contributed by atoms with Crippen molar-refractivity contribution >= 4 is 17.5 Å². The Morgan fingerprint density at radius 3 is 2.76 bits per heavy atom. The van der Waals surface area contributed by atoms with Gasteiger partial charge in [-0.25, -0.2) is 14.4 Å². The summed E-state index contributed by atoms with van der Waals surface area (Å²) in [4.78, 5) is 19.2. The van der Waals surface area contributed by atoms with E-state index in [9.17, 15) is 9.18 Å². The lowest BCUT2D eigenvalue weighted by atomic mass is 10.3. The molecule has 0 fully saturated rings. The molecule has 0 aliphatic carbocycles. The van der Waals surface area contributed by atoms with Crippen molar-refractivity contribution in [1.29, 1.82) is 0 Å². The molecule has 2 aromatic rings. The number of hydrogen-bond donors (Lipinski definition) is 2. The van der Waals surface area contributed by atoms with Gasteiger partial charge in [0.2, 0.25) is 0 Å². The SMILES string of the molecule is Nc1cccc(C(=O)Nc2ccc(F)cn2)n1. The summed E-state index contributed by atoms with van der Waals surface area (Å²) in [6, 6.07) is 7.28. The first kappa shape index (κ1) is 11.0. The van der Waals surface area contributed by atoms with E-state index in [-0.39, 0.29) is 17.3 Å². The van der Waals surface area contributed by atoms with Crippen LogP contribution in [-0.2, 0) is 0 Å². The number of hydrogen-bond acceptors (Lipinski definition) is 4. The zero-order valence-corrected chi connectivity index (χ0v) is 8.72. The predicted octanol–water partition coefficient (Wildman–Crippen LogP) is 1.45. The number of amides is 1. The highest BCUT2D eigenvalue weighted by Gasteiger charge is 2.08. The van der Waals surface area contributed by atoms with Gasteiger partial charge in [-0.15, -0.1) is 0 Å². The Hall–Kier alpha value is -2.50. The highest BCUT2D eigenvalue weighted by atomic mass is 19.1. The lowest BCUT2D eigenvalue weighted by Gasteiger charge is -2.03. The van der Waals surface area contributed by atoms with Crippen molar-refractivity contribution in [1.82, 2.24) is 9.97 Å². The molecule has 2 heterocycles. The van der Waals surface area contributed by atoms with Crippen molar-refractivity contribution in [3.63, 3.8) is 0 Å². The zero-order chi connectivity index (χ0) is 12.3. The molecule has 0 aliphatic heterocycles. The van der Waals surface area contributed by atoms with E-state index in [1.807, 2.05) is 0 Å². The van der Waals surface area contributed by atoms with Gasteiger partial charge in [0, 0.05) is 0 Å². The number of anilines is 2.